The lowest BCUT2D eigenvalue weighted by Crippen LogP contribution is -1.96. The molecule has 0 spiro atoms. The van der Waals surface area contributed by atoms with Crippen LogP contribution in [0.4, 0.5) is 0 Å². The van der Waals surface area contributed by atoms with Crippen LogP contribution in [-0.2, 0) is 0 Å². The normalized spacial score (nSPS) is 11.7. The Morgan fingerprint density at radius 3 is 3.00 bits per heavy atom. The van der Waals surface area contributed by atoms with E-state index in [4.69, 9.17) is 11.1 Å². The molecule has 1 aromatic rings. The Kier molecular flexibility index (Phi) is 4.09. The van der Waals surface area contributed by atoms with Crippen molar-refractivity contribution in [1.82, 2.24) is 10.3 Å². The smallest absolute Gasteiger partial charge is 0.0347 e. The van der Waals surface area contributed by atoms with E-state index in [1.165, 1.54) is 12.4 Å². The van der Waals surface area contributed by atoms with E-state index in [1.54, 1.807) is 18.6 Å². The summed E-state index contributed by atoms with van der Waals surface area (Å²) in [5.41, 5.74) is 7.93. The number of nitrogens with zero attached hydrogens (tertiary/aromatic N) is 1. The van der Waals surface area contributed by atoms with Gasteiger partial charge in [-0.25, -0.2) is 0 Å². The molecular formula is C11H14N4. The van der Waals surface area contributed by atoms with E-state index in [9.17, 15) is 0 Å². The molecule has 0 saturated carbocycles. The van der Waals surface area contributed by atoms with Crippen molar-refractivity contribution in [2.24, 2.45) is 5.73 Å². The van der Waals surface area contributed by atoms with E-state index < -0.39 is 0 Å². The summed E-state index contributed by atoms with van der Waals surface area (Å²) in [6.07, 6.45) is 9.74. The lowest BCUT2D eigenvalue weighted by Gasteiger charge is -2.04. The fourth-order valence-electron chi connectivity index (χ4n) is 1.19. The second kappa shape index (κ2) is 5.59. The molecule has 4 heteroatoms. The van der Waals surface area contributed by atoms with Crippen molar-refractivity contribution in [2.75, 3.05) is 7.05 Å². The Labute approximate surface area is 89.0 Å². The van der Waals surface area contributed by atoms with Crippen molar-refractivity contribution in [2.45, 2.75) is 0 Å². The number of aromatic nitrogens is 1. The molecule has 0 aromatic carbocycles. The highest BCUT2D eigenvalue weighted by molar-refractivity contribution is 6.09. The molecule has 78 valence electrons. The van der Waals surface area contributed by atoms with Crippen LogP contribution < -0.4 is 11.1 Å². The molecule has 0 unspecified atom stereocenters. The zero-order valence-electron chi connectivity index (χ0n) is 8.57. The van der Waals surface area contributed by atoms with Gasteiger partial charge in [-0.2, -0.15) is 0 Å². The van der Waals surface area contributed by atoms with Gasteiger partial charge in [0.25, 0.3) is 0 Å². The van der Waals surface area contributed by atoms with Crippen molar-refractivity contribution >= 4 is 17.9 Å². The van der Waals surface area contributed by atoms with Crippen LogP contribution in [0.3, 0.4) is 0 Å². The maximum Gasteiger partial charge on any atom is 0.0347 e. The molecule has 0 amide bonds. The van der Waals surface area contributed by atoms with E-state index in [2.05, 4.69) is 10.3 Å². The lowest BCUT2D eigenvalue weighted by atomic mass is 10.0. The molecule has 0 aliphatic heterocycles. The molecule has 0 aliphatic carbocycles. The molecule has 0 atom stereocenters. The third-order valence-corrected chi connectivity index (χ3v) is 1.93. The van der Waals surface area contributed by atoms with Gasteiger partial charge in [-0.05, 0) is 23.9 Å². The molecule has 0 saturated heterocycles. The van der Waals surface area contributed by atoms with Crippen LogP contribution in [0.2, 0.25) is 0 Å². The Balaban J connectivity index is 3.16. The standard InChI is InChI=1S/C11H14N4/c1-14-4-2-9-8-15-5-3-11(9)10(6-12)7-13/h2-8,12,14H,13H2,1H3/b4-2-,10-7+,12-6?. The van der Waals surface area contributed by atoms with Crippen molar-refractivity contribution in [3.63, 3.8) is 0 Å². The van der Waals surface area contributed by atoms with Gasteiger partial charge in [0.1, 0.15) is 0 Å². The molecular weight excluding hydrogens is 188 g/mol. The predicted octanol–water partition coefficient (Wildman–Crippen LogP) is 1.22. The Morgan fingerprint density at radius 1 is 1.60 bits per heavy atom. The number of rotatable bonds is 4. The van der Waals surface area contributed by atoms with Crippen LogP contribution in [0.15, 0.2) is 30.9 Å². The van der Waals surface area contributed by atoms with Gasteiger partial charge in [-0.1, -0.05) is 0 Å². The molecule has 0 aliphatic rings. The minimum absolute atomic E-state index is 0.674. The number of nitrogens with one attached hydrogen (secondary N) is 2. The fourth-order valence-corrected chi connectivity index (χ4v) is 1.19. The zero-order chi connectivity index (χ0) is 11.1. The van der Waals surface area contributed by atoms with E-state index in [1.807, 2.05) is 19.2 Å². The molecule has 0 bridgehead atoms. The Morgan fingerprint density at radius 2 is 2.40 bits per heavy atom. The minimum Gasteiger partial charge on any atom is -0.404 e. The van der Waals surface area contributed by atoms with Gasteiger partial charge in [-0.15, -0.1) is 0 Å². The second-order valence-electron chi connectivity index (χ2n) is 2.85. The summed E-state index contributed by atoms with van der Waals surface area (Å²) < 4.78 is 0. The summed E-state index contributed by atoms with van der Waals surface area (Å²) in [7, 11) is 1.82. The van der Waals surface area contributed by atoms with Gasteiger partial charge in [0.05, 0.1) is 0 Å². The van der Waals surface area contributed by atoms with Gasteiger partial charge >= 0.3 is 0 Å². The average molecular weight is 202 g/mol. The van der Waals surface area contributed by atoms with Crippen molar-refractivity contribution < 1.29 is 0 Å². The maximum absolute atomic E-state index is 7.24. The van der Waals surface area contributed by atoms with Crippen molar-refractivity contribution in [3.05, 3.63) is 42.0 Å². The van der Waals surface area contributed by atoms with E-state index >= 15 is 0 Å². The quantitative estimate of drug-likeness (QED) is 0.643. The number of pyridine rings is 1. The van der Waals surface area contributed by atoms with Crippen LogP contribution in [0, 0.1) is 5.41 Å². The van der Waals surface area contributed by atoms with Crippen LogP contribution in [-0.4, -0.2) is 18.2 Å². The largest absolute Gasteiger partial charge is 0.404 e. The van der Waals surface area contributed by atoms with Crippen molar-refractivity contribution in [3.8, 4) is 0 Å². The average Bonchev–Trinajstić information content (AvgIpc) is 2.29. The topological polar surface area (TPSA) is 74.8 Å². The van der Waals surface area contributed by atoms with Gasteiger partial charge in [0, 0.05) is 43.0 Å². The van der Waals surface area contributed by atoms with Crippen LogP contribution >= 0.6 is 0 Å². The number of nitrogens with two attached hydrogens (primary N) is 1. The molecule has 0 fully saturated rings. The number of hydrogen-bond donors (Lipinski definition) is 3. The minimum atomic E-state index is 0.674. The third kappa shape index (κ3) is 2.67. The molecule has 4 N–H and O–H groups in total. The summed E-state index contributed by atoms with van der Waals surface area (Å²) in [5, 5.41) is 10.1. The van der Waals surface area contributed by atoms with Crippen LogP contribution in [0.5, 0.6) is 0 Å². The van der Waals surface area contributed by atoms with E-state index in [-0.39, 0.29) is 0 Å². The number of allylic oxidation sites excluding steroid dienone is 1. The first-order chi connectivity index (χ1) is 7.33. The van der Waals surface area contributed by atoms with E-state index in [0.717, 1.165) is 11.1 Å². The van der Waals surface area contributed by atoms with Gasteiger partial charge in [0.2, 0.25) is 0 Å². The summed E-state index contributed by atoms with van der Waals surface area (Å²) in [6.45, 7) is 0. The predicted molar refractivity (Wildman–Crippen MR) is 63.3 cm³/mol. The van der Waals surface area contributed by atoms with Crippen LogP contribution in [0.1, 0.15) is 11.1 Å². The first-order valence-electron chi connectivity index (χ1n) is 4.54. The highest BCUT2D eigenvalue weighted by Gasteiger charge is 2.02. The van der Waals surface area contributed by atoms with E-state index in [0.29, 0.717) is 5.57 Å². The summed E-state index contributed by atoms with van der Waals surface area (Å²) in [4.78, 5) is 4.03. The number of hydrogen-bond acceptors (Lipinski definition) is 4. The van der Waals surface area contributed by atoms with Crippen molar-refractivity contribution in [1.29, 1.82) is 5.41 Å². The SMILES string of the molecule is CN/C=C\c1cnccc1/C(C=N)=C/N. The van der Waals surface area contributed by atoms with Gasteiger partial charge in [0.15, 0.2) is 0 Å². The Bertz CT molecular complexity index is 393. The molecule has 1 heterocycles. The summed E-state index contributed by atoms with van der Waals surface area (Å²) in [6, 6.07) is 1.83. The third-order valence-electron chi connectivity index (χ3n) is 1.93. The molecule has 15 heavy (non-hydrogen) atoms. The summed E-state index contributed by atoms with van der Waals surface area (Å²) in [5.74, 6) is 0. The first-order valence-corrected chi connectivity index (χ1v) is 4.54. The first kappa shape index (κ1) is 11.0. The summed E-state index contributed by atoms with van der Waals surface area (Å²) >= 11 is 0. The highest BCUT2D eigenvalue weighted by Crippen LogP contribution is 2.16. The maximum atomic E-state index is 7.24. The second-order valence-corrected chi connectivity index (χ2v) is 2.85. The molecule has 1 rings (SSSR count). The van der Waals surface area contributed by atoms with Crippen LogP contribution in [0.25, 0.3) is 11.6 Å². The highest BCUT2D eigenvalue weighted by atomic mass is 14.8. The van der Waals surface area contributed by atoms with Gasteiger partial charge in [-0.3, -0.25) is 4.98 Å². The zero-order valence-corrected chi connectivity index (χ0v) is 8.57. The Hall–Kier alpha value is -2.10. The lowest BCUT2D eigenvalue weighted by molar-refractivity contribution is 1.11. The molecule has 4 nitrogen and oxygen atoms in total. The molecule has 1 aromatic heterocycles. The van der Waals surface area contributed by atoms with Gasteiger partial charge < -0.3 is 16.5 Å². The fraction of sp³-hybridized carbons (Fsp3) is 0.0909. The molecule has 0 radical (unpaired) electrons. The monoisotopic (exact) mass is 202 g/mol.